The molecule has 1 heterocycles. The summed E-state index contributed by atoms with van der Waals surface area (Å²) in [6, 6.07) is 9.36. The van der Waals surface area contributed by atoms with E-state index in [2.05, 4.69) is 11.9 Å². The minimum absolute atomic E-state index is 0.236. The van der Waals surface area contributed by atoms with Gasteiger partial charge >= 0.3 is 0 Å². The van der Waals surface area contributed by atoms with Gasteiger partial charge in [0.1, 0.15) is 11.8 Å². The standard InChI is InChI=1S/C19H25NO3/c1-2-3-4-5-6-10-13-17(22)19-20-16(14-21)18(23-19)15-11-8-7-9-12-15/h7-9,11-12,14,17,22H,2-6,10,13H2,1H3. The molecule has 1 N–H and O–H groups in total. The second kappa shape index (κ2) is 9.26. The van der Waals surface area contributed by atoms with Crippen LogP contribution in [0.4, 0.5) is 0 Å². The fourth-order valence-corrected chi connectivity index (χ4v) is 2.61. The van der Waals surface area contributed by atoms with E-state index >= 15 is 0 Å². The maximum Gasteiger partial charge on any atom is 0.224 e. The highest BCUT2D eigenvalue weighted by Gasteiger charge is 2.19. The fraction of sp³-hybridized carbons (Fsp3) is 0.474. The molecule has 0 aliphatic rings. The highest BCUT2D eigenvalue weighted by atomic mass is 16.4. The van der Waals surface area contributed by atoms with E-state index < -0.39 is 6.10 Å². The van der Waals surface area contributed by atoms with Crippen molar-refractivity contribution in [2.75, 3.05) is 0 Å². The molecule has 0 spiro atoms. The number of benzene rings is 1. The van der Waals surface area contributed by atoms with E-state index in [1.54, 1.807) is 0 Å². The first-order valence-electron chi connectivity index (χ1n) is 8.45. The van der Waals surface area contributed by atoms with Gasteiger partial charge in [-0.05, 0) is 6.42 Å². The second-order valence-corrected chi connectivity index (χ2v) is 5.82. The average molecular weight is 315 g/mol. The van der Waals surface area contributed by atoms with Crippen LogP contribution in [-0.2, 0) is 0 Å². The Morgan fingerprint density at radius 2 is 1.83 bits per heavy atom. The first kappa shape index (κ1) is 17.4. The molecule has 2 rings (SSSR count). The quantitative estimate of drug-likeness (QED) is 0.498. The summed E-state index contributed by atoms with van der Waals surface area (Å²) in [5, 5.41) is 10.2. The molecule has 0 saturated carbocycles. The Morgan fingerprint density at radius 1 is 1.13 bits per heavy atom. The van der Waals surface area contributed by atoms with Crippen LogP contribution in [0.25, 0.3) is 11.3 Å². The SMILES string of the molecule is CCCCCCCCC(O)c1nc(C=O)c(-c2ccccc2)o1. The van der Waals surface area contributed by atoms with Crippen LogP contribution in [0.1, 0.15) is 74.4 Å². The van der Waals surface area contributed by atoms with E-state index in [9.17, 15) is 9.90 Å². The Balaban J connectivity index is 1.95. The number of unbranched alkanes of at least 4 members (excludes halogenated alkanes) is 5. The van der Waals surface area contributed by atoms with E-state index in [0.717, 1.165) is 18.4 Å². The molecular formula is C19H25NO3. The summed E-state index contributed by atoms with van der Waals surface area (Å²) in [7, 11) is 0. The third-order valence-corrected chi connectivity index (χ3v) is 3.93. The number of carbonyl (C=O) groups excluding carboxylic acids is 1. The molecule has 1 atom stereocenters. The number of rotatable bonds is 10. The zero-order valence-corrected chi connectivity index (χ0v) is 13.7. The molecule has 0 aliphatic heterocycles. The van der Waals surface area contributed by atoms with Crippen molar-refractivity contribution in [1.82, 2.24) is 4.98 Å². The summed E-state index contributed by atoms with van der Waals surface area (Å²) in [5.74, 6) is 0.664. The van der Waals surface area contributed by atoms with Crippen LogP contribution in [0.3, 0.4) is 0 Å². The molecule has 4 heteroatoms. The summed E-state index contributed by atoms with van der Waals surface area (Å²) >= 11 is 0. The van der Waals surface area contributed by atoms with Gasteiger partial charge in [-0.25, -0.2) is 4.98 Å². The lowest BCUT2D eigenvalue weighted by molar-refractivity contribution is 0.111. The topological polar surface area (TPSA) is 63.3 Å². The largest absolute Gasteiger partial charge is 0.437 e. The van der Waals surface area contributed by atoms with Crippen LogP contribution in [0.15, 0.2) is 34.7 Å². The summed E-state index contributed by atoms with van der Waals surface area (Å²) in [5.41, 5.74) is 1.04. The van der Waals surface area contributed by atoms with Crippen LogP contribution in [0, 0.1) is 0 Å². The van der Waals surface area contributed by atoms with Crippen molar-refractivity contribution in [2.24, 2.45) is 0 Å². The molecule has 0 amide bonds. The summed E-state index contributed by atoms with van der Waals surface area (Å²) in [6.07, 6.45) is 7.51. The molecule has 0 radical (unpaired) electrons. The number of aromatic nitrogens is 1. The minimum Gasteiger partial charge on any atom is -0.437 e. The molecule has 1 aromatic carbocycles. The zero-order chi connectivity index (χ0) is 16.5. The van der Waals surface area contributed by atoms with Crippen LogP contribution < -0.4 is 0 Å². The van der Waals surface area contributed by atoms with Crippen LogP contribution in [-0.4, -0.2) is 16.4 Å². The predicted molar refractivity (Wildman–Crippen MR) is 90.3 cm³/mol. The molecule has 2 aromatic rings. The van der Waals surface area contributed by atoms with Crippen molar-refractivity contribution >= 4 is 6.29 Å². The zero-order valence-electron chi connectivity index (χ0n) is 13.7. The first-order valence-corrected chi connectivity index (χ1v) is 8.45. The van der Waals surface area contributed by atoms with Crippen LogP contribution >= 0.6 is 0 Å². The number of aliphatic hydroxyl groups excluding tert-OH is 1. The van der Waals surface area contributed by atoms with Crippen molar-refractivity contribution in [3.05, 3.63) is 41.9 Å². The highest BCUT2D eigenvalue weighted by molar-refractivity contribution is 5.82. The van der Waals surface area contributed by atoms with Crippen molar-refractivity contribution in [2.45, 2.75) is 58.0 Å². The number of hydrogen-bond acceptors (Lipinski definition) is 4. The molecule has 1 unspecified atom stereocenters. The van der Waals surface area contributed by atoms with Gasteiger partial charge in [-0.2, -0.15) is 0 Å². The third-order valence-electron chi connectivity index (χ3n) is 3.93. The lowest BCUT2D eigenvalue weighted by Crippen LogP contribution is -1.98. The van der Waals surface area contributed by atoms with Crippen molar-refractivity contribution < 1.29 is 14.3 Å². The maximum atomic E-state index is 11.2. The Labute approximate surface area is 137 Å². The Bertz CT molecular complexity index is 592. The molecule has 0 saturated heterocycles. The molecule has 0 bridgehead atoms. The van der Waals surface area contributed by atoms with Crippen molar-refractivity contribution in [1.29, 1.82) is 0 Å². The summed E-state index contributed by atoms with van der Waals surface area (Å²) in [4.78, 5) is 15.3. The van der Waals surface area contributed by atoms with Crippen molar-refractivity contribution in [3.63, 3.8) is 0 Å². The van der Waals surface area contributed by atoms with Crippen LogP contribution in [0.5, 0.6) is 0 Å². The van der Waals surface area contributed by atoms with Gasteiger partial charge in [0.25, 0.3) is 0 Å². The van der Waals surface area contributed by atoms with E-state index in [-0.39, 0.29) is 11.6 Å². The van der Waals surface area contributed by atoms with Gasteiger partial charge in [0, 0.05) is 5.56 Å². The summed E-state index contributed by atoms with van der Waals surface area (Å²) in [6.45, 7) is 2.20. The minimum atomic E-state index is -0.752. The Morgan fingerprint density at radius 3 is 2.52 bits per heavy atom. The van der Waals surface area contributed by atoms with Gasteiger partial charge in [-0.15, -0.1) is 0 Å². The second-order valence-electron chi connectivity index (χ2n) is 5.82. The maximum absolute atomic E-state index is 11.2. The third kappa shape index (κ3) is 5.03. The molecule has 0 fully saturated rings. The molecule has 1 aromatic heterocycles. The van der Waals surface area contributed by atoms with Gasteiger partial charge in [-0.3, -0.25) is 4.79 Å². The normalized spacial score (nSPS) is 12.3. The fourth-order valence-electron chi connectivity index (χ4n) is 2.61. The monoisotopic (exact) mass is 315 g/mol. The number of carbonyl (C=O) groups is 1. The van der Waals surface area contributed by atoms with Gasteiger partial charge in [-0.1, -0.05) is 75.8 Å². The average Bonchev–Trinajstić information content (AvgIpc) is 3.03. The lowest BCUT2D eigenvalue weighted by atomic mass is 10.1. The molecule has 124 valence electrons. The molecule has 23 heavy (non-hydrogen) atoms. The highest BCUT2D eigenvalue weighted by Crippen LogP contribution is 2.28. The predicted octanol–water partition coefficient (Wildman–Crippen LogP) is 4.94. The van der Waals surface area contributed by atoms with E-state index in [1.165, 1.54) is 25.7 Å². The van der Waals surface area contributed by atoms with Gasteiger partial charge in [0.05, 0.1) is 0 Å². The van der Waals surface area contributed by atoms with E-state index in [1.807, 2.05) is 30.3 Å². The smallest absolute Gasteiger partial charge is 0.224 e. The number of aliphatic hydroxyl groups is 1. The number of hydrogen-bond donors (Lipinski definition) is 1. The molecule has 4 nitrogen and oxygen atoms in total. The number of aldehydes is 1. The Hall–Kier alpha value is -1.94. The molecular weight excluding hydrogens is 290 g/mol. The van der Waals surface area contributed by atoms with Gasteiger partial charge in [0.2, 0.25) is 5.89 Å². The first-order chi connectivity index (χ1) is 11.3. The van der Waals surface area contributed by atoms with E-state index in [0.29, 0.717) is 18.5 Å². The number of nitrogens with zero attached hydrogens (tertiary/aromatic N) is 1. The van der Waals surface area contributed by atoms with Crippen LogP contribution in [0.2, 0.25) is 0 Å². The Kier molecular flexibility index (Phi) is 7.01. The van der Waals surface area contributed by atoms with Gasteiger partial charge < -0.3 is 9.52 Å². The van der Waals surface area contributed by atoms with E-state index in [4.69, 9.17) is 4.42 Å². The number of oxazole rings is 1. The van der Waals surface area contributed by atoms with Gasteiger partial charge in [0.15, 0.2) is 12.0 Å². The lowest BCUT2D eigenvalue weighted by Gasteiger charge is -2.06. The summed E-state index contributed by atoms with van der Waals surface area (Å²) < 4.78 is 5.66. The van der Waals surface area contributed by atoms with Crippen molar-refractivity contribution in [3.8, 4) is 11.3 Å². The molecule has 0 aliphatic carbocycles.